The quantitative estimate of drug-likeness (QED) is 0.576. The lowest BCUT2D eigenvalue weighted by molar-refractivity contribution is -0.139. The van der Waals surface area contributed by atoms with Crippen molar-refractivity contribution < 1.29 is 19.8 Å². The molecule has 0 aliphatic rings. The molecular weight excluding hydrogens is 136 g/mol. The summed E-state index contributed by atoms with van der Waals surface area (Å²) in [6.07, 6.45) is -1.47. The number of aliphatic carboxylic acids is 1. The molecule has 1 atom stereocenters. The van der Waals surface area contributed by atoms with Crippen LogP contribution in [-0.4, -0.2) is 28.1 Å². The molecule has 0 heterocycles. The number of carboxylic acid groups (broad SMARTS) is 1. The van der Waals surface area contributed by atoms with Gasteiger partial charge >= 0.3 is 5.97 Å². The molecule has 58 valence electrons. The zero-order valence-electron chi connectivity index (χ0n) is 5.70. The Labute approximate surface area is 58.5 Å². The van der Waals surface area contributed by atoms with Crippen LogP contribution in [0.25, 0.3) is 0 Å². The van der Waals surface area contributed by atoms with Gasteiger partial charge in [-0.3, -0.25) is 9.59 Å². The standard InChI is InChI=1S/C6H10O4/c1-4(7)2-5(8)3-6(9)10/h5,8H,2-3H2,1H3,(H,9,10)/t5-/m1/s1. The third-order valence-electron chi connectivity index (χ3n) is 0.933. The molecule has 4 nitrogen and oxygen atoms in total. The third-order valence-corrected chi connectivity index (χ3v) is 0.933. The first-order valence-corrected chi connectivity index (χ1v) is 2.91. The number of rotatable bonds is 4. The highest BCUT2D eigenvalue weighted by molar-refractivity contribution is 5.77. The highest BCUT2D eigenvalue weighted by Crippen LogP contribution is 1.97. The molecule has 0 saturated heterocycles. The second-order valence-electron chi connectivity index (χ2n) is 2.16. The van der Waals surface area contributed by atoms with Crippen LogP contribution in [0.4, 0.5) is 0 Å². The molecule has 0 unspecified atom stereocenters. The maximum absolute atomic E-state index is 10.3. The summed E-state index contributed by atoms with van der Waals surface area (Å²) in [6, 6.07) is 0. The summed E-state index contributed by atoms with van der Waals surface area (Å²) >= 11 is 0. The molecule has 0 spiro atoms. The Kier molecular flexibility index (Phi) is 3.64. The van der Waals surface area contributed by atoms with Crippen molar-refractivity contribution in [3.05, 3.63) is 0 Å². The van der Waals surface area contributed by atoms with Crippen molar-refractivity contribution in [3.63, 3.8) is 0 Å². The highest BCUT2D eigenvalue weighted by Gasteiger charge is 2.10. The van der Waals surface area contributed by atoms with Gasteiger partial charge in [-0.05, 0) is 6.92 Å². The molecule has 4 heteroatoms. The zero-order valence-corrected chi connectivity index (χ0v) is 5.70. The van der Waals surface area contributed by atoms with Crippen LogP contribution in [0.5, 0.6) is 0 Å². The van der Waals surface area contributed by atoms with Crippen LogP contribution in [0, 0.1) is 0 Å². The lowest BCUT2D eigenvalue weighted by Crippen LogP contribution is -2.15. The average molecular weight is 146 g/mol. The zero-order chi connectivity index (χ0) is 8.15. The van der Waals surface area contributed by atoms with E-state index < -0.39 is 12.1 Å². The molecule has 0 aromatic heterocycles. The van der Waals surface area contributed by atoms with E-state index in [1.165, 1.54) is 6.92 Å². The Morgan fingerprint density at radius 2 is 1.90 bits per heavy atom. The van der Waals surface area contributed by atoms with E-state index in [-0.39, 0.29) is 18.6 Å². The van der Waals surface area contributed by atoms with Gasteiger partial charge in [0.05, 0.1) is 12.5 Å². The Hall–Kier alpha value is -0.900. The number of carbonyl (C=O) groups is 2. The van der Waals surface area contributed by atoms with E-state index in [9.17, 15) is 9.59 Å². The lowest BCUT2D eigenvalue weighted by Gasteiger charge is -2.02. The van der Waals surface area contributed by atoms with E-state index >= 15 is 0 Å². The second kappa shape index (κ2) is 4.00. The molecule has 0 amide bonds. The molecule has 0 aliphatic carbocycles. The Bertz CT molecular complexity index is 125. The molecule has 2 N–H and O–H groups in total. The van der Waals surface area contributed by atoms with E-state index in [0.29, 0.717) is 0 Å². The Balaban J connectivity index is 3.53. The monoisotopic (exact) mass is 146 g/mol. The predicted octanol–water partition coefficient (Wildman–Crippen LogP) is -0.199. The molecule has 0 aromatic carbocycles. The fourth-order valence-corrected chi connectivity index (χ4v) is 0.606. The molecule has 0 aliphatic heterocycles. The normalized spacial score (nSPS) is 12.6. The topological polar surface area (TPSA) is 74.6 Å². The Morgan fingerprint density at radius 1 is 1.40 bits per heavy atom. The number of hydrogen-bond donors (Lipinski definition) is 2. The summed E-state index contributed by atoms with van der Waals surface area (Å²) in [4.78, 5) is 20.2. The maximum Gasteiger partial charge on any atom is 0.305 e. The van der Waals surface area contributed by atoms with Gasteiger partial charge in [0.1, 0.15) is 5.78 Å². The van der Waals surface area contributed by atoms with Crippen LogP contribution in [-0.2, 0) is 9.59 Å². The van der Waals surface area contributed by atoms with E-state index in [1.54, 1.807) is 0 Å². The van der Waals surface area contributed by atoms with Crippen molar-refractivity contribution >= 4 is 11.8 Å². The molecule has 10 heavy (non-hydrogen) atoms. The smallest absolute Gasteiger partial charge is 0.305 e. The van der Waals surface area contributed by atoms with Gasteiger partial charge in [0, 0.05) is 6.42 Å². The number of carbonyl (C=O) groups excluding carboxylic acids is 1. The molecule has 0 radical (unpaired) electrons. The van der Waals surface area contributed by atoms with Gasteiger partial charge in [-0.25, -0.2) is 0 Å². The van der Waals surface area contributed by atoms with E-state index in [2.05, 4.69) is 0 Å². The summed E-state index contributed by atoms with van der Waals surface area (Å²) in [7, 11) is 0. The fourth-order valence-electron chi connectivity index (χ4n) is 0.606. The largest absolute Gasteiger partial charge is 0.481 e. The van der Waals surface area contributed by atoms with Crippen molar-refractivity contribution in [2.24, 2.45) is 0 Å². The maximum atomic E-state index is 10.3. The van der Waals surface area contributed by atoms with Gasteiger partial charge in [-0.2, -0.15) is 0 Å². The van der Waals surface area contributed by atoms with Gasteiger partial charge < -0.3 is 10.2 Å². The molecule has 0 bridgehead atoms. The Morgan fingerprint density at radius 3 is 2.20 bits per heavy atom. The molecule has 0 aromatic rings. The first-order valence-electron chi connectivity index (χ1n) is 2.91. The van der Waals surface area contributed by atoms with E-state index in [1.807, 2.05) is 0 Å². The van der Waals surface area contributed by atoms with Crippen molar-refractivity contribution in [2.45, 2.75) is 25.9 Å². The lowest BCUT2D eigenvalue weighted by atomic mass is 10.1. The minimum atomic E-state index is -1.09. The first kappa shape index (κ1) is 9.10. The van der Waals surface area contributed by atoms with E-state index in [4.69, 9.17) is 10.2 Å². The summed E-state index contributed by atoms with van der Waals surface area (Å²) < 4.78 is 0. The number of aliphatic hydroxyl groups is 1. The minimum absolute atomic E-state index is 0.0771. The van der Waals surface area contributed by atoms with Crippen LogP contribution in [0.3, 0.4) is 0 Å². The van der Waals surface area contributed by atoms with Crippen molar-refractivity contribution in [3.8, 4) is 0 Å². The molecule has 0 saturated carbocycles. The average Bonchev–Trinajstić information content (AvgIpc) is 1.58. The van der Waals surface area contributed by atoms with Crippen LogP contribution >= 0.6 is 0 Å². The van der Waals surface area contributed by atoms with Crippen LogP contribution < -0.4 is 0 Å². The molecular formula is C6H10O4. The summed E-state index contributed by atoms with van der Waals surface area (Å²) in [6.45, 7) is 1.31. The van der Waals surface area contributed by atoms with Gasteiger partial charge in [0.15, 0.2) is 0 Å². The van der Waals surface area contributed by atoms with Crippen molar-refractivity contribution in [2.75, 3.05) is 0 Å². The minimum Gasteiger partial charge on any atom is -0.481 e. The first-order chi connectivity index (χ1) is 4.52. The van der Waals surface area contributed by atoms with Crippen LogP contribution in [0.1, 0.15) is 19.8 Å². The van der Waals surface area contributed by atoms with Gasteiger partial charge in [-0.15, -0.1) is 0 Å². The van der Waals surface area contributed by atoms with Crippen molar-refractivity contribution in [1.29, 1.82) is 0 Å². The van der Waals surface area contributed by atoms with Crippen LogP contribution in [0.2, 0.25) is 0 Å². The number of aliphatic hydroxyl groups excluding tert-OH is 1. The summed E-state index contributed by atoms with van der Waals surface area (Å²) in [5, 5.41) is 16.9. The van der Waals surface area contributed by atoms with E-state index in [0.717, 1.165) is 0 Å². The number of carboxylic acids is 1. The second-order valence-corrected chi connectivity index (χ2v) is 2.16. The fraction of sp³-hybridized carbons (Fsp3) is 0.667. The van der Waals surface area contributed by atoms with Gasteiger partial charge in [0.2, 0.25) is 0 Å². The highest BCUT2D eigenvalue weighted by atomic mass is 16.4. The number of Topliss-reactive ketones (excluding diaryl/α,β-unsaturated/α-hetero) is 1. The SMILES string of the molecule is CC(=O)C[C@@H](O)CC(=O)O. The third kappa shape index (κ3) is 5.24. The van der Waals surface area contributed by atoms with Crippen molar-refractivity contribution in [1.82, 2.24) is 0 Å². The van der Waals surface area contributed by atoms with Gasteiger partial charge in [-0.1, -0.05) is 0 Å². The van der Waals surface area contributed by atoms with Crippen LogP contribution in [0.15, 0.2) is 0 Å². The predicted molar refractivity (Wildman–Crippen MR) is 33.6 cm³/mol. The van der Waals surface area contributed by atoms with Gasteiger partial charge in [0.25, 0.3) is 0 Å². The summed E-state index contributed by atoms with van der Waals surface area (Å²) in [5.41, 5.74) is 0. The summed E-state index contributed by atoms with van der Waals surface area (Å²) in [5.74, 6) is -1.29. The molecule has 0 fully saturated rings. The number of hydrogen-bond acceptors (Lipinski definition) is 3. The molecule has 0 rings (SSSR count). The number of ketones is 1.